The largest absolute Gasteiger partial charge is 0.347 e. The standard InChI is InChI=1S/C19H21FN2O4/c20-15-2-3-16-14(12-15)11-13(18(24)21-16)1-4-17(23)22-7-5-19(6-8-22)25-9-10-26-19/h2-3,11-12H,1,4-10H2,(H,21,24). The zero-order valence-electron chi connectivity index (χ0n) is 14.4. The number of rotatable bonds is 3. The maximum Gasteiger partial charge on any atom is 0.251 e. The van der Waals surface area contributed by atoms with Crippen LogP contribution in [0.3, 0.4) is 0 Å². The van der Waals surface area contributed by atoms with Gasteiger partial charge in [0.2, 0.25) is 5.91 Å². The number of H-pyrrole nitrogens is 1. The third-order valence-corrected chi connectivity index (χ3v) is 5.18. The number of ether oxygens (including phenoxy) is 2. The first-order valence-corrected chi connectivity index (χ1v) is 8.92. The van der Waals surface area contributed by atoms with E-state index in [1.165, 1.54) is 18.2 Å². The molecule has 1 spiro atoms. The van der Waals surface area contributed by atoms with Gasteiger partial charge in [-0.15, -0.1) is 0 Å². The lowest BCUT2D eigenvalue weighted by molar-refractivity contribution is -0.187. The second-order valence-corrected chi connectivity index (χ2v) is 6.84. The molecule has 2 fully saturated rings. The minimum atomic E-state index is -0.504. The van der Waals surface area contributed by atoms with Crippen LogP contribution in [-0.2, 0) is 20.7 Å². The minimum absolute atomic E-state index is 0.0107. The maximum absolute atomic E-state index is 13.4. The number of amides is 1. The lowest BCUT2D eigenvalue weighted by atomic mass is 10.0. The Labute approximate surface area is 149 Å². The molecule has 0 aliphatic carbocycles. The van der Waals surface area contributed by atoms with E-state index < -0.39 is 5.79 Å². The molecule has 2 aliphatic heterocycles. The van der Waals surface area contributed by atoms with Crippen molar-refractivity contribution in [2.75, 3.05) is 26.3 Å². The Morgan fingerprint density at radius 2 is 1.92 bits per heavy atom. The van der Waals surface area contributed by atoms with Gasteiger partial charge >= 0.3 is 0 Å². The number of likely N-dealkylation sites (tertiary alicyclic amines) is 1. The van der Waals surface area contributed by atoms with Gasteiger partial charge in [0.1, 0.15) is 5.82 Å². The third-order valence-electron chi connectivity index (χ3n) is 5.18. The number of piperidine rings is 1. The van der Waals surface area contributed by atoms with Crippen LogP contribution in [-0.4, -0.2) is 47.9 Å². The van der Waals surface area contributed by atoms with Crippen LogP contribution in [0, 0.1) is 5.82 Å². The Bertz CT molecular complexity index is 879. The van der Waals surface area contributed by atoms with Crippen molar-refractivity contribution in [2.24, 2.45) is 0 Å². The Hall–Kier alpha value is -2.25. The van der Waals surface area contributed by atoms with Crippen molar-refractivity contribution < 1.29 is 18.7 Å². The zero-order valence-corrected chi connectivity index (χ0v) is 14.4. The summed E-state index contributed by atoms with van der Waals surface area (Å²) in [6.45, 7) is 2.41. The highest BCUT2D eigenvalue weighted by molar-refractivity contribution is 5.79. The van der Waals surface area contributed by atoms with Crippen molar-refractivity contribution in [1.82, 2.24) is 9.88 Å². The fraction of sp³-hybridized carbons (Fsp3) is 0.474. The van der Waals surface area contributed by atoms with Crippen LogP contribution < -0.4 is 5.56 Å². The molecule has 0 bridgehead atoms. The molecule has 1 N–H and O–H groups in total. The van der Waals surface area contributed by atoms with Crippen molar-refractivity contribution in [3.05, 3.63) is 46.0 Å². The van der Waals surface area contributed by atoms with Crippen LogP contribution in [0.15, 0.2) is 29.1 Å². The number of carbonyl (C=O) groups is 1. The number of hydrogen-bond acceptors (Lipinski definition) is 4. The molecule has 0 radical (unpaired) electrons. The number of nitrogens with zero attached hydrogens (tertiary/aromatic N) is 1. The Morgan fingerprint density at radius 1 is 1.19 bits per heavy atom. The van der Waals surface area contributed by atoms with E-state index in [4.69, 9.17) is 9.47 Å². The van der Waals surface area contributed by atoms with E-state index in [0.29, 0.717) is 62.0 Å². The van der Waals surface area contributed by atoms with Gasteiger partial charge in [0.05, 0.1) is 13.2 Å². The van der Waals surface area contributed by atoms with E-state index in [1.807, 2.05) is 0 Å². The first-order chi connectivity index (χ1) is 12.5. The molecule has 138 valence electrons. The highest BCUT2D eigenvalue weighted by Crippen LogP contribution is 2.31. The number of aryl methyl sites for hydroxylation is 1. The average Bonchev–Trinajstić information content (AvgIpc) is 3.08. The number of nitrogens with one attached hydrogen (secondary N) is 1. The molecule has 7 heteroatoms. The SMILES string of the molecule is O=C(CCc1cc2cc(F)ccc2[nH]c1=O)N1CCC2(CC1)OCCO2. The molecule has 3 heterocycles. The topological polar surface area (TPSA) is 71.6 Å². The zero-order chi connectivity index (χ0) is 18.1. The third kappa shape index (κ3) is 3.37. The first kappa shape index (κ1) is 17.2. The van der Waals surface area contributed by atoms with Crippen molar-refractivity contribution >= 4 is 16.8 Å². The number of carbonyl (C=O) groups excluding carboxylic acids is 1. The molecule has 2 saturated heterocycles. The van der Waals surface area contributed by atoms with Crippen LogP contribution in [0.4, 0.5) is 4.39 Å². The first-order valence-electron chi connectivity index (χ1n) is 8.92. The molecule has 0 saturated carbocycles. The summed E-state index contributed by atoms with van der Waals surface area (Å²) in [6.07, 6.45) is 1.93. The van der Waals surface area contributed by atoms with Crippen molar-refractivity contribution in [2.45, 2.75) is 31.5 Å². The van der Waals surface area contributed by atoms with E-state index in [9.17, 15) is 14.0 Å². The molecular weight excluding hydrogens is 339 g/mol. The van der Waals surface area contributed by atoms with Crippen molar-refractivity contribution in [3.63, 3.8) is 0 Å². The highest BCUT2D eigenvalue weighted by Gasteiger charge is 2.40. The molecule has 2 aliphatic rings. The van der Waals surface area contributed by atoms with Gasteiger partial charge in [0, 0.05) is 48.8 Å². The number of aromatic nitrogens is 1. The van der Waals surface area contributed by atoms with Gasteiger partial charge in [-0.25, -0.2) is 4.39 Å². The van der Waals surface area contributed by atoms with Crippen LogP contribution in [0.25, 0.3) is 10.9 Å². The summed E-state index contributed by atoms with van der Waals surface area (Å²) in [5.74, 6) is -0.849. The number of benzene rings is 1. The number of hydrogen-bond donors (Lipinski definition) is 1. The van der Waals surface area contributed by atoms with E-state index in [0.717, 1.165) is 0 Å². The van der Waals surface area contributed by atoms with E-state index >= 15 is 0 Å². The smallest absolute Gasteiger partial charge is 0.251 e. The van der Waals surface area contributed by atoms with Gasteiger partial charge < -0.3 is 19.4 Å². The van der Waals surface area contributed by atoms with E-state index in [-0.39, 0.29) is 23.7 Å². The van der Waals surface area contributed by atoms with Gasteiger partial charge in [-0.05, 0) is 30.7 Å². The number of aromatic amines is 1. The molecule has 0 unspecified atom stereocenters. The lowest BCUT2D eigenvalue weighted by Crippen LogP contribution is -2.47. The summed E-state index contributed by atoms with van der Waals surface area (Å²) in [5.41, 5.74) is 0.846. The highest BCUT2D eigenvalue weighted by atomic mass is 19.1. The quantitative estimate of drug-likeness (QED) is 0.908. The maximum atomic E-state index is 13.4. The van der Waals surface area contributed by atoms with Crippen molar-refractivity contribution in [1.29, 1.82) is 0 Å². The molecule has 2 aromatic rings. The predicted octanol–water partition coefficient (Wildman–Crippen LogP) is 1.97. The molecule has 26 heavy (non-hydrogen) atoms. The summed E-state index contributed by atoms with van der Waals surface area (Å²) in [5, 5.41) is 0.627. The van der Waals surface area contributed by atoms with Gasteiger partial charge in [0.25, 0.3) is 5.56 Å². The Balaban J connectivity index is 1.39. The van der Waals surface area contributed by atoms with Crippen LogP contribution in [0.5, 0.6) is 0 Å². The van der Waals surface area contributed by atoms with Gasteiger partial charge in [-0.3, -0.25) is 9.59 Å². The second-order valence-electron chi connectivity index (χ2n) is 6.84. The number of pyridine rings is 1. The monoisotopic (exact) mass is 360 g/mol. The second kappa shape index (κ2) is 6.81. The van der Waals surface area contributed by atoms with Gasteiger partial charge in [0.15, 0.2) is 5.79 Å². The average molecular weight is 360 g/mol. The summed E-state index contributed by atoms with van der Waals surface area (Å²) in [7, 11) is 0. The fourth-order valence-corrected chi connectivity index (χ4v) is 3.69. The van der Waals surface area contributed by atoms with E-state index in [1.54, 1.807) is 11.0 Å². The molecule has 1 aromatic heterocycles. The molecule has 0 atom stereocenters. The number of halogens is 1. The van der Waals surface area contributed by atoms with Crippen LogP contribution in [0.1, 0.15) is 24.8 Å². The Kier molecular flexibility index (Phi) is 4.50. The molecule has 1 aromatic carbocycles. The van der Waals surface area contributed by atoms with Gasteiger partial charge in [-0.1, -0.05) is 0 Å². The Morgan fingerprint density at radius 3 is 2.65 bits per heavy atom. The van der Waals surface area contributed by atoms with Crippen LogP contribution >= 0.6 is 0 Å². The molecule has 4 rings (SSSR count). The van der Waals surface area contributed by atoms with E-state index in [2.05, 4.69) is 4.98 Å². The summed E-state index contributed by atoms with van der Waals surface area (Å²) >= 11 is 0. The summed E-state index contributed by atoms with van der Waals surface area (Å²) in [4.78, 5) is 29.2. The molecule has 6 nitrogen and oxygen atoms in total. The minimum Gasteiger partial charge on any atom is -0.347 e. The fourth-order valence-electron chi connectivity index (χ4n) is 3.69. The van der Waals surface area contributed by atoms with Gasteiger partial charge in [-0.2, -0.15) is 0 Å². The normalized spacial score (nSPS) is 19.3. The lowest BCUT2D eigenvalue weighted by Gasteiger charge is -2.37. The summed E-state index contributed by atoms with van der Waals surface area (Å²) < 4.78 is 24.7. The van der Waals surface area contributed by atoms with Crippen LogP contribution in [0.2, 0.25) is 0 Å². The number of fused-ring (bicyclic) bond motifs is 1. The summed E-state index contributed by atoms with van der Waals surface area (Å²) in [6, 6.07) is 5.89. The predicted molar refractivity (Wildman–Crippen MR) is 93.3 cm³/mol. The molecule has 1 amide bonds. The molecular formula is C19H21FN2O4. The van der Waals surface area contributed by atoms with Crippen molar-refractivity contribution in [3.8, 4) is 0 Å².